The molecule has 166 valence electrons. The molecule has 1 aromatic rings. The van der Waals surface area contributed by atoms with Crippen molar-refractivity contribution in [1.82, 2.24) is 9.03 Å². The summed E-state index contributed by atoms with van der Waals surface area (Å²) in [6, 6.07) is 8.04. The highest BCUT2D eigenvalue weighted by Gasteiger charge is 2.28. The van der Waals surface area contributed by atoms with Gasteiger partial charge in [0.25, 0.3) is 10.2 Å². The molecule has 1 aliphatic rings. The minimum absolute atomic E-state index is 0.00454. The third kappa shape index (κ3) is 7.79. The summed E-state index contributed by atoms with van der Waals surface area (Å²) in [7, 11) is -1.79. The van der Waals surface area contributed by atoms with Crippen LogP contribution in [-0.2, 0) is 10.2 Å². The Hall–Kier alpha value is -1.31. The van der Waals surface area contributed by atoms with Crippen molar-refractivity contribution in [2.24, 2.45) is 11.8 Å². The standard InChI is InChI=1S/C22H39N3O3S/c1-18(2)10-16-25(17-11-19(3)4)29(26,27)23-20-12-14-24(15-13-20)21-6-8-22(28-5)9-7-21/h6-9,18-20,23H,10-17H2,1-5H3. The summed E-state index contributed by atoms with van der Waals surface area (Å²) in [6.07, 6.45) is 3.39. The molecule has 0 radical (unpaired) electrons. The minimum Gasteiger partial charge on any atom is -0.497 e. The molecule has 0 unspecified atom stereocenters. The van der Waals surface area contributed by atoms with E-state index in [1.807, 2.05) is 12.1 Å². The van der Waals surface area contributed by atoms with Crippen LogP contribution in [0.3, 0.4) is 0 Å². The van der Waals surface area contributed by atoms with Crippen LogP contribution in [0.25, 0.3) is 0 Å². The fraction of sp³-hybridized carbons (Fsp3) is 0.727. The van der Waals surface area contributed by atoms with Gasteiger partial charge in [0.2, 0.25) is 0 Å². The van der Waals surface area contributed by atoms with Crippen LogP contribution in [0, 0.1) is 11.8 Å². The van der Waals surface area contributed by atoms with E-state index in [1.165, 1.54) is 0 Å². The number of piperidine rings is 1. The van der Waals surface area contributed by atoms with Gasteiger partial charge in [-0.3, -0.25) is 0 Å². The third-order valence-corrected chi connectivity index (χ3v) is 7.18. The van der Waals surface area contributed by atoms with Gasteiger partial charge in [-0.2, -0.15) is 17.4 Å². The fourth-order valence-corrected chi connectivity index (χ4v) is 4.99. The van der Waals surface area contributed by atoms with E-state index < -0.39 is 10.2 Å². The molecule has 0 saturated carbocycles. The predicted molar refractivity (Wildman–Crippen MR) is 121 cm³/mol. The summed E-state index contributed by atoms with van der Waals surface area (Å²) in [5.41, 5.74) is 1.16. The van der Waals surface area contributed by atoms with Crippen molar-refractivity contribution in [2.75, 3.05) is 38.2 Å². The lowest BCUT2D eigenvalue weighted by Gasteiger charge is -2.35. The smallest absolute Gasteiger partial charge is 0.279 e. The lowest BCUT2D eigenvalue weighted by molar-refractivity contribution is 0.344. The molecule has 1 aromatic carbocycles. The van der Waals surface area contributed by atoms with Gasteiger partial charge in [0.15, 0.2) is 0 Å². The number of nitrogens with one attached hydrogen (secondary N) is 1. The monoisotopic (exact) mass is 425 g/mol. The van der Waals surface area contributed by atoms with Crippen LogP contribution < -0.4 is 14.4 Å². The summed E-state index contributed by atoms with van der Waals surface area (Å²) < 4.78 is 35.9. The Kier molecular flexibility index (Phi) is 9.24. The number of nitrogens with zero attached hydrogens (tertiary/aromatic N) is 2. The topological polar surface area (TPSA) is 61.9 Å². The Morgan fingerprint density at radius 1 is 1.03 bits per heavy atom. The van der Waals surface area contributed by atoms with E-state index >= 15 is 0 Å². The van der Waals surface area contributed by atoms with E-state index in [0.717, 1.165) is 50.2 Å². The Morgan fingerprint density at radius 3 is 2.00 bits per heavy atom. The van der Waals surface area contributed by atoms with Crippen molar-refractivity contribution < 1.29 is 13.2 Å². The van der Waals surface area contributed by atoms with Crippen molar-refractivity contribution in [1.29, 1.82) is 0 Å². The van der Waals surface area contributed by atoms with Crippen LogP contribution in [0.4, 0.5) is 5.69 Å². The molecule has 29 heavy (non-hydrogen) atoms. The van der Waals surface area contributed by atoms with E-state index in [1.54, 1.807) is 11.4 Å². The van der Waals surface area contributed by atoms with Crippen LogP contribution in [0.2, 0.25) is 0 Å². The largest absolute Gasteiger partial charge is 0.497 e. The van der Waals surface area contributed by atoms with Gasteiger partial charge in [0.1, 0.15) is 5.75 Å². The molecule has 6 nitrogen and oxygen atoms in total. The number of hydrogen-bond donors (Lipinski definition) is 1. The Morgan fingerprint density at radius 2 is 1.55 bits per heavy atom. The minimum atomic E-state index is -3.46. The summed E-state index contributed by atoms with van der Waals surface area (Å²) >= 11 is 0. The van der Waals surface area contributed by atoms with Gasteiger partial charge in [0, 0.05) is 37.9 Å². The SMILES string of the molecule is COc1ccc(N2CCC(NS(=O)(=O)N(CCC(C)C)CCC(C)C)CC2)cc1. The van der Waals surface area contributed by atoms with Gasteiger partial charge in [-0.15, -0.1) is 0 Å². The summed E-state index contributed by atoms with van der Waals surface area (Å²) in [5, 5.41) is 0. The van der Waals surface area contributed by atoms with Gasteiger partial charge < -0.3 is 9.64 Å². The molecule has 0 aromatic heterocycles. The summed E-state index contributed by atoms with van der Waals surface area (Å²) in [4.78, 5) is 2.31. The first-order valence-electron chi connectivity index (χ1n) is 10.9. The van der Waals surface area contributed by atoms with Crippen LogP contribution in [-0.4, -0.2) is 52.1 Å². The molecule has 2 rings (SSSR count). The molecule has 1 aliphatic heterocycles. The molecule has 1 fully saturated rings. The Bertz CT molecular complexity index is 685. The van der Waals surface area contributed by atoms with Gasteiger partial charge in [0.05, 0.1) is 7.11 Å². The highest BCUT2D eigenvalue weighted by Crippen LogP contribution is 2.23. The van der Waals surface area contributed by atoms with Gasteiger partial charge in [-0.05, 0) is 61.8 Å². The lowest BCUT2D eigenvalue weighted by Crippen LogP contribution is -2.50. The molecule has 0 spiro atoms. The van der Waals surface area contributed by atoms with E-state index in [4.69, 9.17) is 4.74 Å². The van der Waals surface area contributed by atoms with E-state index in [-0.39, 0.29) is 6.04 Å². The molecule has 1 N–H and O–H groups in total. The van der Waals surface area contributed by atoms with Crippen molar-refractivity contribution >= 4 is 15.9 Å². The highest BCUT2D eigenvalue weighted by molar-refractivity contribution is 7.87. The van der Waals surface area contributed by atoms with Crippen molar-refractivity contribution in [2.45, 2.75) is 59.4 Å². The van der Waals surface area contributed by atoms with Crippen molar-refractivity contribution in [3.63, 3.8) is 0 Å². The molecule has 0 aliphatic carbocycles. The summed E-state index contributed by atoms with van der Waals surface area (Å²) in [6.45, 7) is 11.4. The molecule has 7 heteroatoms. The van der Waals surface area contributed by atoms with Crippen LogP contribution in [0.1, 0.15) is 53.4 Å². The Balaban J connectivity index is 1.92. The zero-order chi connectivity index (χ0) is 21.4. The maximum absolute atomic E-state index is 13.0. The molecule has 1 heterocycles. The maximum atomic E-state index is 13.0. The van der Waals surface area contributed by atoms with Crippen LogP contribution >= 0.6 is 0 Å². The molecule has 1 saturated heterocycles. The predicted octanol–water partition coefficient (Wildman–Crippen LogP) is 3.89. The van der Waals surface area contributed by atoms with Crippen LogP contribution in [0.15, 0.2) is 24.3 Å². The first-order valence-corrected chi connectivity index (χ1v) is 12.3. The molecular weight excluding hydrogens is 386 g/mol. The quantitative estimate of drug-likeness (QED) is 0.584. The number of anilines is 1. The van der Waals surface area contributed by atoms with Crippen LogP contribution in [0.5, 0.6) is 5.75 Å². The number of methoxy groups -OCH3 is 1. The number of hydrogen-bond acceptors (Lipinski definition) is 4. The number of rotatable bonds is 11. The average molecular weight is 426 g/mol. The van der Waals surface area contributed by atoms with E-state index in [0.29, 0.717) is 24.9 Å². The molecule has 0 amide bonds. The second-order valence-corrected chi connectivity index (χ2v) is 10.5. The van der Waals surface area contributed by atoms with Gasteiger partial charge in [-0.25, -0.2) is 0 Å². The molecule has 0 bridgehead atoms. The highest BCUT2D eigenvalue weighted by atomic mass is 32.2. The Labute approximate surface area is 177 Å². The first kappa shape index (κ1) is 24.0. The second-order valence-electron chi connectivity index (χ2n) is 8.85. The average Bonchev–Trinajstić information content (AvgIpc) is 2.67. The fourth-order valence-electron chi connectivity index (χ4n) is 3.49. The molecule has 0 atom stereocenters. The normalized spacial score (nSPS) is 16.2. The second kappa shape index (κ2) is 11.2. The van der Waals surface area contributed by atoms with Gasteiger partial charge >= 0.3 is 0 Å². The lowest BCUT2D eigenvalue weighted by atomic mass is 10.1. The van der Waals surface area contributed by atoms with E-state index in [2.05, 4.69) is 49.4 Å². The zero-order valence-corrected chi connectivity index (χ0v) is 19.5. The van der Waals surface area contributed by atoms with E-state index in [9.17, 15) is 8.42 Å². The zero-order valence-electron chi connectivity index (χ0n) is 18.7. The van der Waals surface area contributed by atoms with Gasteiger partial charge in [-0.1, -0.05) is 27.7 Å². The summed E-state index contributed by atoms with van der Waals surface area (Å²) in [5.74, 6) is 1.82. The third-order valence-electron chi connectivity index (χ3n) is 5.50. The van der Waals surface area contributed by atoms with Crippen molar-refractivity contribution in [3.05, 3.63) is 24.3 Å². The number of benzene rings is 1. The first-order chi connectivity index (χ1) is 13.7. The molecular formula is C22H39N3O3S. The number of ether oxygens (including phenoxy) is 1. The maximum Gasteiger partial charge on any atom is 0.279 e. The van der Waals surface area contributed by atoms with Crippen molar-refractivity contribution in [3.8, 4) is 5.75 Å².